The average molecular weight is 291 g/mol. The molecule has 2 N–H and O–H groups in total. The van der Waals surface area contributed by atoms with E-state index >= 15 is 0 Å². The smallest absolute Gasteiger partial charge is 0.271 e. The molecule has 1 aromatic carbocycles. The molecule has 8 heteroatoms. The highest BCUT2D eigenvalue weighted by molar-refractivity contribution is 7.80. The Kier molecular flexibility index (Phi) is 4.26. The largest absolute Gasteiger partial charge is 0.357 e. The fourth-order valence-corrected chi connectivity index (χ4v) is 1.79. The van der Waals surface area contributed by atoms with Crippen molar-refractivity contribution >= 4 is 28.7 Å². The van der Waals surface area contributed by atoms with Crippen molar-refractivity contribution in [2.75, 3.05) is 5.32 Å². The van der Waals surface area contributed by atoms with Crippen molar-refractivity contribution in [2.24, 2.45) is 7.05 Å². The SMILES string of the molecule is Cn1ccc(CNC(=S)Nc2cccc([N+](=O)[O-])c2)n1. The summed E-state index contributed by atoms with van der Waals surface area (Å²) >= 11 is 5.12. The van der Waals surface area contributed by atoms with Crippen molar-refractivity contribution in [2.45, 2.75) is 6.54 Å². The van der Waals surface area contributed by atoms with Crippen molar-refractivity contribution in [3.63, 3.8) is 0 Å². The third kappa shape index (κ3) is 3.75. The number of aromatic nitrogens is 2. The van der Waals surface area contributed by atoms with Crippen molar-refractivity contribution in [1.29, 1.82) is 0 Å². The summed E-state index contributed by atoms with van der Waals surface area (Å²) < 4.78 is 1.70. The van der Waals surface area contributed by atoms with E-state index in [4.69, 9.17) is 12.2 Å². The van der Waals surface area contributed by atoms with E-state index in [9.17, 15) is 10.1 Å². The highest BCUT2D eigenvalue weighted by Gasteiger charge is 2.06. The first-order valence-electron chi connectivity index (χ1n) is 5.82. The normalized spacial score (nSPS) is 10.1. The van der Waals surface area contributed by atoms with Crippen LogP contribution < -0.4 is 10.6 Å². The molecule has 20 heavy (non-hydrogen) atoms. The van der Waals surface area contributed by atoms with E-state index in [1.54, 1.807) is 16.8 Å². The second-order valence-electron chi connectivity index (χ2n) is 4.10. The number of aryl methyl sites for hydroxylation is 1. The maximum atomic E-state index is 10.7. The summed E-state index contributed by atoms with van der Waals surface area (Å²) in [5.74, 6) is 0. The molecule has 0 atom stereocenters. The highest BCUT2D eigenvalue weighted by Crippen LogP contribution is 2.16. The van der Waals surface area contributed by atoms with Crippen LogP contribution in [0.1, 0.15) is 5.69 Å². The van der Waals surface area contributed by atoms with Crippen LogP contribution >= 0.6 is 12.2 Å². The van der Waals surface area contributed by atoms with Crippen molar-refractivity contribution < 1.29 is 4.92 Å². The Morgan fingerprint density at radius 2 is 2.30 bits per heavy atom. The molecule has 0 aliphatic rings. The number of nitrogens with zero attached hydrogens (tertiary/aromatic N) is 3. The molecule has 2 aromatic rings. The lowest BCUT2D eigenvalue weighted by molar-refractivity contribution is -0.384. The predicted molar refractivity (Wildman–Crippen MR) is 79.4 cm³/mol. The zero-order valence-corrected chi connectivity index (χ0v) is 11.6. The molecule has 104 valence electrons. The second kappa shape index (κ2) is 6.11. The molecule has 0 saturated heterocycles. The number of hydrogen-bond acceptors (Lipinski definition) is 4. The summed E-state index contributed by atoms with van der Waals surface area (Å²) in [6.07, 6.45) is 1.84. The number of nitrogens with one attached hydrogen (secondary N) is 2. The minimum absolute atomic E-state index is 0.0162. The number of non-ortho nitro benzene ring substituents is 1. The minimum atomic E-state index is -0.449. The Bertz CT molecular complexity index is 640. The first kappa shape index (κ1) is 13.9. The van der Waals surface area contributed by atoms with Crippen molar-refractivity contribution in [3.05, 3.63) is 52.3 Å². The number of thiocarbonyl (C=S) groups is 1. The first-order chi connectivity index (χ1) is 9.54. The van der Waals surface area contributed by atoms with Gasteiger partial charge in [0, 0.05) is 31.1 Å². The molecule has 0 unspecified atom stereocenters. The van der Waals surface area contributed by atoms with Gasteiger partial charge >= 0.3 is 0 Å². The molecule has 0 aliphatic carbocycles. The van der Waals surface area contributed by atoms with Gasteiger partial charge in [-0.3, -0.25) is 14.8 Å². The molecule has 0 aliphatic heterocycles. The maximum Gasteiger partial charge on any atom is 0.271 e. The lowest BCUT2D eigenvalue weighted by atomic mass is 10.3. The fraction of sp³-hybridized carbons (Fsp3) is 0.167. The van der Waals surface area contributed by atoms with Crippen LogP contribution in [0.15, 0.2) is 36.5 Å². The van der Waals surface area contributed by atoms with Gasteiger partial charge in [0.1, 0.15) is 0 Å². The van der Waals surface area contributed by atoms with Crippen LogP contribution in [0.25, 0.3) is 0 Å². The van der Waals surface area contributed by atoms with Gasteiger partial charge in [0.2, 0.25) is 0 Å². The number of benzene rings is 1. The van der Waals surface area contributed by atoms with Gasteiger partial charge in [0.25, 0.3) is 5.69 Å². The van der Waals surface area contributed by atoms with Crippen molar-refractivity contribution in [3.8, 4) is 0 Å². The molecule has 0 bridgehead atoms. The molecule has 0 amide bonds. The zero-order chi connectivity index (χ0) is 14.5. The molecule has 0 fully saturated rings. The number of hydrogen-bond donors (Lipinski definition) is 2. The van der Waals surface area contributed by atoms with E-state index in [2.05, 4.69) is 15.7 Å². The molecular formula is C12H13N5O2S. The monoisotopic (exact) mass is 291 g/mol. The summed E-state index contributed by atoms with van der Waals surface area (Å²) in [7, 11) is 1.84. The number of anilines is 1. The molecule has 1 aromatic heterocycles. The van der Waals surface area contributed by atoms with E-state index in [0.717, 1.165) is 5.69 Å². The van der Waals surface area contributed by atoms with E-state index in [0.29, 0.717) is 17.3 Å². The van der Waals surface area contributed by atoms with Crippen LogP contribution in [0.2, 0.25) is 0 Å². The Balaban J connectivity index is 1.91. The third-order valence-corrected chi connectivity index (χ3v) is 2.76. The van der Waals surface area contributed by atoms with Crippen LogP contribution in [-0.4, -0.2) is 19.8 Å². The minimum Gasteiger partial charge on any atom is -0.357 e. The topological polar surface area (TPSA) is 85.0 Å². The van der Waals surface area contributed by atoms with E-state index < -0.39 is 4.92 Å². The Hall–Kier alpha value is -2.48. The van der Waals surface area contributed by atoms with Gasteiger partial charge in [0.05, 0.1) is 17.2 Å². The molecule has 0 spiro atoms. The summed E-state index contributed by atoms with van der Waals surface area (Å²) in [5, 5.41) is 21.1. The molecule has 0 radical (unpaired) electrons. The van der Waals surface area contributed by atoms with Gasteiger partial charge in [-0.15, -0.1) is 0 Å². The third-order valence-electron chi connectivity index (χ3n) is 2.51. The van der Waals surface area contributed by atoms with Gasteiger partial charge in [-0.25, -0.2) is 0 Å². The van der Waals surface area contributed by atoms with Gasteiger partial charge in [-0.05, 0) is 24.4 Å². The number of nitro groups is 1. The standard InChI is InChI=1S/C12H13N5O2S/c1-16-6-5-10(15-16)8-13-12(20)14-9-3-2-4-11(7-9)17(18)19/h2-7H,8H2,1H3,(H2,13,14,20). The lowest BCUT2D eigenvalue weighted by Crippen LogP contribution is -2.28. The molecule has 1 heterocycles. The first-order valence-corrected chi connectivity index (χ1v) is 6.23. The molecule has 7 nitrogen and oxygen atoms in total. The van der Waals surface area contributed by atoms with Gasteiger partial charge in [-0.2, -0.15) is 5.10 Å². The van der Waals surface area contributed by atoms with Crippen LogP contribution in [0.5, 0.6) is 0 Å². The number of nitro benzene ring substituents is 1. The Labute approximate surface area is 120 Å². The molecule has 2 rings (SSSR count). The summed E-state index contributed by atoms with van der Waals surface area (Å²) in [5.41, 5.74) is 1.44. The van der Waals surface area contributed by atoms with Crippen LogP contribution in [0.3, 0.4) is 0 Å². The van der Waals surface area contributed by atoms with Gasteiger partial charge < -0.3 is 10.6 Å². The summed E-state index contributed by atoms with van der Waals surface area (Å²) in [6, 6.07) is 8.04. The van der Waals surface area contributed by atoms with E-state index in [-0.39, 0.29) is 5.69 Å². The van der Waals surface area contributed by atoms with Crippen molar-refractivity contribution in [1.82, 2.24) is 15.1 Å². The van der Waals surface area contributed by atoms with Crippen LogP contribution in [0, 0.1) is 10.1 Å². The summed E-state index contributed by atoms with van der Waals surface area (Å²) in [4.78, 5) is 10.2. The van der Waals surface area contributed by atoms with Gasteiger partial charge in [0.15, 0.2) is 5.11 Å². The summed E-state index contributed by atoms with van der Waals surface area (Å²) in [6.45, 7) is 0.488. The highest BCUT2D eigenvalue weighted by atomic mass is 32.1. The molecule has 0 saturated carbocycles. The van der Waals surface area contributed by atoms with Gasteiger partial charge in [-0.1, -0.05) is 6.07 Å². The maximum absolute atomic E-state index is 10.7. The number of rotatable bonds is 4. The second-order valence-corrected chi connectivity index (χ2v) is 4.50. The Morgan fingerprint density at radius 3 is 2.95 bits per heavy atom. The predicted octanol–water partition coefficient (Wildman–Crippen LogP) is 1.81. The quantitative estimate of drug-likeness (QED) is 0.508. The molecular weight excluding hydrogens is 278 g/mol. The Morgan fingerprint density at radius 1 is 1.50 bits per heavy atom. The van der Waals surface area contributed by atoms with E-state index in [1.165, 1.54) is 12.1 Å². The zero-order valence-electron chi connectivity index (χ0n) is 10.7. The fourth-order valence-electron chi connectivity index (χ4n) is 1.60. The van der Waals surface area contributed by atoms with E-state index in [1.807, 2.05) is 19.3 Å². The van der Waals surface area contributed by atoms with Crippen LogP contribution in [-0.2, 0) is 13.6 Å². The van der Waals surface area contributed by atoms with Crippen LogP contribution in [0.4, 0.5) is 11.4 Å². The average Bonchev–Trinajstić information content (AvgIpc) is 2.82. The lowest BCUT2D eigenvalue weighted by Gasteiger charge is -2.09.